The lowest BCUT2D eigenvalue weighted by atomic mass is 9.47. The molecule has 4 fully saturated rings. The molecule has 1 aromatic heterocycles. The molecule has 0 amide bonds. The van der Waals surface area contributed by atoms with E-state index >= 15 is 0 Å². The number of nitrogens with zero attached hydrogens (tertiary/aromatic N) is 4. The fraction of sp³-hybridized carbons (Fsp3) is 0.769. The number of hydrogen-bond acceptors (Lipinski definition) is 5. The minimum Gasteiger partial charge on any atom is -0.481 e. The smallest absolute Gasteiger partial charge is 0.481 e. The van der Waals surface area contributed by atoms with Gasteiger partial charge in [-0.1, -0.05) is 0 Å². The lowest BCUT2D eigenvalue weighted by molar-refractivity contribution is -0.394. The maximum absolute atomic E-state index is 11.9. The number of carboxylic acid groups (broad SMARTS) is 1. The van der Waals surface area contributed by atoms with E-state index in [1.165, 1.54) is 0 Å². The van der Waals surface area contributed by atoms with E-state index in [0.29, 0.717) is 23.0 Å². The number of hydrogen-bond donors (Lipinski definition) is 1. The maximum atomic E-state index is 11.9. The van der Waals surface area contributed by atoms with E-state index in [-0.39, 0.29) is 0 Å². The quantitative estimate of drug-likeness (QED) is 0.645. The number of halogens is 1. The summed E-state index contributed by atoms with van der Waals surface area (Å²) in [5.41, 5.74) is -1.16. The lowest BCUT2D eigenvalue weighted by Gasteiger charge is -2.59. The van der Waals surface area contributed by atoms with Crippen LogP contribution in [0.1, 0.15) is 38.5 Å². The predicted octanol–water partition coefficient (Wildman–Crippen LogP) is 2.33. The Balaban J connectivity index is 1.81. The Hall–Kier alpha value is -1.51. The summed E-state index contributed by atoms with van der Waals surface area (Å²) in [5, 5.41) is 24.7. The van der Waals surface area contributed by atoms with Crippen LogP contribution >= 0.6 is 15.9 Å². The largest absolute Gasteiger partial charge is 0.492 e. The van der Waals surface area contributed by atoms with Gasteiger partial charge in [0.2, 0.25) is 0 Å². The average molecular weight is 371 g/mol. The first-order chi connectivity index (χ1) is 10.3. The molecule has 0 saturated heterocycles. The van der Waals surface area contributed by atoms with Gasteiger partial charge in [-0.05, 0) is 60.3 Å². The van der Waals surface area contributed by atoms with E-state index in [2.05, 4.69) is 26.0 Å². The van der Waals surface area contributed by atoms with Crippen LogP contribution in [0.3, 0.4) is 0 Å². The average Bonchev–Trinajstić information content (AvgIpc) is 2.80. The monoisotopic (exact) mass is 370 g/mol. The van der Waals surface area contributed by atoms with Crippen molar-refractivity contribution in [2.24, 2.45) is 17.3 Å². The van der Waals surface area contributed by atoms with Crippen LogP contribution in [-0.2, 0) is 10.3 Å². The minimum absolute atomic E-state index is 0.321. The zero-order chi connectivity index (χ0) is 15.7. The van der Waals surface area contributed by atoms with Crippen molar-refractivity contribution in [3.8, 4) is 0 Å². The third-order valence-corrected chi connectivity index (χ3v) is 6.17. The SMILES string of the molecule is O=C(O)C12C[C@@H]3C[C@@H](C1)CC(n1nc([N+](=O)[O-])nc1Br)(C3)C2. The molecule has 4 saturated carbocycles. The van der Waals surface area contributed by atoms with Crippen molar-refractivity contribution in [2.45, 2.75) is 44.1 Å². The Morgan fingerprint density at radius 1 is 1.36 bits per heavy atom. The first kappa shape index (κ1) is 14.1. The molecule has 0 radical (unpaired) electrons. The van der Waals surface area contributed by atoms with Crippen molar-refractivity contribution in [3.05, 3.63) is 14.8 Å². The number of aromatic nitrogens is 3. The van der Waals surface area contributed by atoms with Gasteiger partial charge >= 0.3 is 11.9 Å². The van der Waals surface area contributed by atoms with Crippen LogP contribution < -0.4 is 0 Å². The standard InChI is InChI=1S/C13H15BrN4O4/c14-10-15-11(18(21)22)16-17(10)13-4-7-1-8(5-13)3-12(2-7,6-13)9(19)20/h7-8H,1-6H2,(H,19,20)/t7-,8-,12?,13?/m0/s1. The predicted molar refractivity (Wildman–Crippen MR) is 77.1 cm³/mol. The molecule has 9 heteroatoms. The molecule has 4 aliphatic carbocycles. The van der Waals surface area contributed by atoms with Gasteiger partial charge in [0.1, 0.15) is 0 Å². The van der Waals surface area contributed by atoms with Crippen LogP contribution in [0.2, 0.25) is 0 Å². The van der Waals surface area contributed by atoms with Crippen molar-refractivity contribution in [1.82, 2.24) is 14.8 Å². The molecule has 1 N–H and O–H groups in total. The summed E-state index contributed by atoms with van der Waals surface area (Å²) in [5.74, 6) is -0.469. The molecular formula is C13H15BrN4O4. The Labute approximate surface area is 134 Å². The van der Waals surface area contributed by atoms with E-state index in [0.717, 1.165) is 32.1 Å². The molecular weight excluding hydrogens is 356 g/mol. The summed E-state index contributed by atoms with van der Waals surface area (Å²) >= 11 is 3.27. The van der Waals surface area contributed by atoms with Crippen LogP contribution in [0.4, 0.5) is 5.95 Å². The molecule has 0 aromatic carbocycles. The summed E-state index contributed by atoms with van der Waals surface area (Å²) in [7, 11) is 0. The van der Waals surface area contributed by atoms with E-state index in [1.54, 1.807) is 4.68 Å². The van der Waals surface area contributed by atoms with Crippen LogP contribution in [0, 0.1) is 27.4 Å². The molecule has 1 aromatic rings. The van der Waals surface area contributed by atoms with E-state index in [1.807, 2.05) is 0 Å². The highest BCUT2D eigenvalue weighted by Gasteiger charge is 2.63. The summed E-state index contributed by atoms with van der Waals surface area (Å²) in [6, 6.07) is 0. The van der Waals surface area contributed by atoms with Crippen molar-refractivity contribution in [3.63, 3.8) is 0 Å². The van der Waals surface area contributed by atoms with E-state index < -0.39 is 27.8 Å². The van der Waals surface area contributed by atoms with Crippen LogP contribution in [0.15, 0.2) is 4.73 Å². The van der Waals surface area contributed by atoms with Crippen LogP contribution in [0.5, 0.6) is 0 Å². The summed E-state index contributed by atoms with van der Waals surface area (Å²) < 4.78 is 1.90. The van der Waals surface area contributed by atoms with Crippen molar-refractivity contribution < 1.29 is 14.8 Å². The van der Waals surface area contributed by atoms with Gasteiger partial charge in [0, 0.05) is 21.0 Å². The van der Waals surface area contributed by atoms with Gasteiger partial charge in [-0.15, -0.1) is 0 Å². The Bertz CT molecular complexity index is 674. The Morgan fingerprint density at radius 3 is 2.50 bits per heavy atom. The van der Waals surface area contributed by atoms with Crippen LogP contribution in [0.25, 0.3) is 0 Å². The second-order valence-corrected chi connectivity index (χ2v) is 7.83. The van der Waals surface area contributed by atoms with E-state index in [4.69, 9.17) is 0 Å². The molecule has 5 rings (SSSR count). The second kappa shape index (κ2) is 4.27. The maximum Gasteiger partial charge on any atom is 0.492 e. The van der Waals surface area contributed by atoms with Crippen LogP contribution in [-0.4, -0.2) is 30.8 Å². The highest BCUT2D eigenvalue weighted by Crippen LogP contribution is 2.64. The topological polar surface area (TPSA) is 111 Å². The number of rotatable bonds is 3. The van der Waals surface area contributed by atoms with E-state index in [9.17, 15) is 20.0 Å². The number of nitro groups is 1. The molecule has 8 nitrogen and oxygen atoms in total. The number of carbonyl (C=O) groups is 1. The first-order valence-electron chi connectivity index (χ1n) is 7.34. The number of carboxylic acids is 1. The zero-order valence-electron chi connectivity index (χ0n) is 11.7. The number of aliphatic carboxylic acids is 1. The zero-order valence-corrected chi connectivity index (χ0v) is 13.3. The van der Waals surface area contributed by atoms with Crippen molar-refractivity contribution in [1.29, 1.82) is 0 Å². The highest BCUT2D eigenvalue weighted by atomic mass is 79.9. The molecule has 0 aliphatic heterocycles. The highest BCUT2D eigenvalue weighted by molar-refractivity contribution is 9.10. The molecule has 1 heterocycles. The lowest BCUT2D eigenvalue weighted by Crippen LogP contribution is -2.59. The second-order valence-electron chi connectivity index (χ2n) is 7.12. The van der Waals surface area contributed by atoms with Gasteiger partial charge in [0.05, 0.1) is 11.0 Å². The van der Waals surface area contributed by atoms with Gasteiger partial charge in [-0.3, -0.25) is 4.79 Å². The Kier molecular flexibility index (Phi) is 2.74. The third-order valence-electron chi connectivity index (χ3n) is 5.65. The molecule has 0 spiro atoms. The van der Waals surface area contributed by atoms with Gasteiger partial charge in [0.15, 0.2) is 0 Å². The summed E-state index contributed by atoms with van der Waals surface area (Å²) in [6.45, 7) is 0. The molecule has 118 valence electrons. The van der Waals surface area contributed by atoms with Gasteiger partial charge in [-0.2, -0.15) is 4.68 Å². The van der Waals surface area contributed by atoms with Gasteiger partial charge < -0.3 is 15.2 Å². The fourth-order valence-corrected chi connectivity index (χ4v) is 5.99. The summed E-state index contributed by atoms with van der Waals surface area (Å²) in [6.07, 6.45) is 4.64. The fourth-order valence-electron chi connectivity index (χ4n) is 5.37. The van der Waals surface area contributed by atoms with Crippen molar-refractivity contribution in [2.75, 3.05) is 0 Å². The molecule has 4 aliphatic rings. The Morgan fingerprint density at radius 2 is 2.00 bits per heavy atom. The van der Waals surface area contributed by atoms with Crippen molar-refractivity contribution >= 4 is 27.8 Å². The molecule has 0 unspecified atom stereocenters. The molecule has 4 bridgehead atoms. The molecule has 22 heavy (non-hydrogen) atoms. The van der Waals surface area contributed by atoms with Gasteiger partial charge in [0.25, 0.3) is 4.73 Å². The third kappa shape index (κ3) is 1.77. The summed E-state index contributed by atoms with van der Waals surface area (Å²) in [4.78, 5) is 26.0. The normalized spacial score (nSPS) is 39.1. The van der Waals surface area contributed by atoms with Gasteiger partial charge in [-0.25, -0.2) is 0 Å². The molecule has 2 atom stereocenters. The first-order valence-corrected chi connectivity index (χ1v) is 8.14. The minimum atomic E-state index is -0.739.